The van der Waals surface area contributed by atoms with Gasteiger partial charge in [-0.3, -0.25) is 4.79 Å². The number of carbonyl (C=O) groups excluding carboxylic acids is 1. The molecule has 0 radical (unpaired) electrons. The number of rotatable bonds is 4. The van der Waals surface area contributed by atoms with E-state index in [4.69, 9.17) is 16.3 Å². The van der Waals surface area contributed by atoms with Crippen LogP contribution in [0.1, 0.15) is 16.8 Å². The first-order valence-electron chi connectivity index (χ1n) is 8.02. The van der Waals surface area contributed by atoms with Crippen molar-refractivity contribution in [1.82, 2.24) is 4.90 Å². The van der Waals surface area contributed by atoms with Crippen LogP contribution in [0.25, 0.3) is 11.1 Å². The van der Waals surface area contributed by atoms with Crippen LogP contribution >= 0.6 is 11.6 Å². The lowest BCUT2D eigenvalue weighted by atomic mass is 10.0. The summed E-state index contributed by atoms with van der Waals surface area (Å²) in [5.74, 6) is 0.497. The maximum absolute atomic E-state index is 12.7. The lowest BCUT2D eigenvalue weighted by Gasteiger charge is -2.21. The van der Waals surface area contributed by atoms with Gasteiger partial charge in [0.05, 0.1) is 20.3 Å². The number of nitrogens with zero attached hydrogens (tertiary/aromatic N) is 1. The average molecular weight is 362 g/mol. The number of aliphatic hydroxyl groups is 2. The van der Waals surface area contributed by atoms with Gasteiger partial charge in [0, 0.05) is 22.7 Å². The molecule has 0 aliphatic carbocycles. The van der Waals surface area contributed by atoms with E-state index in [0.717, 1.165) is 11.1 Å². The molecule has 2 aromatic carbocycles. The normalized spacial score (nSPS) is 19.9. The van der Waals surface area contributed by atoms with Gasteiger partial charge in [-0.2, -0.15) is 0 Å². The topological polar surface area (TPSA) is 70.0 Å². The number of carbonyl (C=O) groups is 1. The molecular weight excluding hydrogens is 342 g/mol. The third kappa shape index (κ3) is 3.63. The summed E-state index contributed by atoms with van der Waals surface area (Å²) in [6, 6.07) is 12.5. The van der Waals surface area contributed by atoms with Crippen LogP contribution in [0.2, 0.25) is 5.02 Å². The van der Waals surface area contributed by atoms with Crippen LogP contribution in [0.15, 0.2) is 42.5 Å². The molecule has 1 fully saturated rings. The number of amides is 1. The molecule has 0 bridgehead atoms. The van der Waals surface area contributed by atoms with E-state index in [0.29, 0.717) is 29.3 Å². The molecule has 1 amide bonds. The Hall–Kier alpha value is -2.08. The summed E-state index contributed by atoms with van der Waals surface area (Å²) in [6.45, 7) is 0.199. The number of benzene rings is 2. The summed E-state index contributed by atoms with van der Waals surface area (Å²) >= 11 is 6.09. The molecule has 6 heteroatoms. The summed E-state index contributed by atoms with van der Waals surface area (Å²) in [6.07, 6.45) is 0.372. The number of hydrogen-bond donors (Lipinski definition) is 2. The van der Waals surface area contributed by atoms with Gasteiger partial charge in [0.2, 0.25) is 0 Å². The first kappa shape index (κ1) is 17.7. The number of likely N-dealkylation sites (tertiary alicyclic amines) is 1. The van der Waals surface area contributed by atoms with Gasteiger partial charge in [-0.25, -0.2) is 0 Å². The smallest absolute Gasteiger partial charge is 0.253 e. The van der Waals surface area contributed by atoms with Crippen LogP contribution in [0.5, 0.6) is 5.75 Å². The largest absolute Gasteiger partial charge is 0.496 e. The Morgan fingerprint density at radius 2 is 2.12 bits per heavy atom. The molecule has 1 aliphatic rings. The zero-order chi connectivity index (χ0) is 18.0. The standard InChI is InChI=1S/C19H20ClNO4/c1-25-17-6-5-15(20)10-16(17)13-3-2-4-14(9-13)18(23)21-8-7-19(24,11-21)12-22/h2-6,9-10,22,24H,7-8,11-12H2,1H3/t19-/m0/s1. The number of aliphatic hydroxyl groups excluding tert-OH is 1. The molecule has 132 valence electrons. The maximum Gasteiger partial charge on any atom is 0.253 e. The molecule has 1 saturated heterocycles. The Kier molecular flexibility index (Phi) is 4.99. The van der Waals surface area contributed by atoms with Crippen molar-refractivity contribution in [2.24, 2.45) is 0 Å². The fourth-order valence-electron chi connectivity index (χ4n) is 3.07. The van der Waals surface area contributed by atoms with Crippen LogP contribution in [0, 0.1) is 0 Å². The van der Waals surface area contributed by atoms with Gasteiger partial charge in [-0.15, -0.1) is 0 Å². The van der Waals surface area contributed by atoms with Gasteiger partial charge in [0.15, 0.2) is 0 Å². The van der Waals surface area contributed by atoms with Crippen LogP contribution in [-0.4, -0.2) is 53.4 Å². The van der Waals surface area contributed by atoms with E-state index in [-0.39, 0.29) is 19.1 Å². The van der Waals surface area contributed by atoms with Crippen molar-refractivity contribution in [1.29, 1.82) is 0 Å². The van der Waals surface area contributed by atoms with Crippen molar-refractivity contribution in [2.45, 2.75) is 12.0 Å². The van der Waals surface area contributed by atoms with E-state index in [1.54, 1.807) is 48.4 Å². The SMILES string of the molecule is COc1ccc(Cl)cc1-c1cccc(C(=O)N2CC[C@@](O)(CO)C2)c1. The Balaban J connectivity index is 1.90. The minimum atomic E-state index is -1.20. The van der Waals surface area contributed by atoms with Gasteiger partial charge < -0.3 is 19.8 Å². The van der Waals surface area contributed by atoms with Gasteiger partial charge in [0.1, 0.15) is 11.4 Å². The van der Waals surface area contributed by atoms with E-state index < -0.39 is 5.60 Å². The fraction of sp³-hybridized carbons (Fsp3) is 0.316. The molecule has 3 rings (SSSR count). The first-order chi connectivity index (χ1) is 12.0. The monoisotopic (exact) mass is 361 g/mol. The van der Waals surface area contributed by atoms with Gasteiger partial charge in [-0.05, 0) is 42.3 Å². The number of halogens is 1. The molecule has 0 spiro atoms. The Labute approximate surface area is 151 Å². The summed E-state index contributed by atoms with van der Waals surface area (Å²) < 4.78 is 5.38. The molecule has 0 saturated carbocycles. The quantitative estimate of drug-likeness (QED) is 0.878. The maximum atomic E-state index is 12.7. The zero-order valence-electron chi connectivity index (χ0n) is 13.9. The van der Waals surface area contributed by atoms with Crippen molar-refractivity contribution >= 4 is 17.5 Å². The molecule has 2 N–H and O–H groups in total. The second-order valence-electron chi connectivity index (χ2n) is 6.28. The molecule has 1 heterocycles. The molecule has 1 aliphatic heterocycles. The van der Waals surface area contributed by atoms with Crippen molar-refractivity contribution in [3.63, 3.8) is 0 Å². The molecule has 5 nitrogen and oxygen atoms in total. The second kappa shape index (κ2) is 7.04. The van der Waals surface area contributed by atoms with Gasteiger partial charge in [-0.1, -0.05) is 23.7 Å². The first-order valence-corrected chi connectivity index (χ1v) is 8.40. The van der Waals surface area contributed by atoms with Gasteiger partial charge in [0.25, 0.3) is 5.91 Å². The third-order valence-electron chi connectivity index (χ3n) is 4.50. The van der Waals surface area contributed by atoms with E-state index in [1.807, 2.05) is 6.07 Å². The molecule has 1 atom stereocenters. The highest BCUT2D eigenvalue weighted by Gasteiger charge is 2.37. The Morgan fingerprint density at radius 1 is 1.32 bits per heavy atom. The lowest BCUT2D eigenvalue weighted by Crippen LogP contribution is -2.38. The average Bonchev–Trinajstić information content (AvgIpc) is 3.04. The highest BCUT2D eigenvalue weighted by atomic mass is 35.5. The molecular formula is C19H20ClNO4. The molecule has 2 aromatic rings. The van der Waals surface area contributed by atoms with E-state index in [2.05, 4.69) is 0 Å². The van der Waals surface area contributed by atoms with Crippen LogP contribution < -0.4 is 4.74 Å². The summed E-state index contributed by atoms with van der Waals surface area (Å²) in [4.78, 5) is 14.3. The molecule has 25 heavy (non-hydrogen) atoms. The van der Waals surface area contributed by atoms with E-state index in [9.17, 15) is 15.0 Å². The number of β-amino-alcohol motifs (C(OH)–C–C–N with tert-alkyl or cyclic N) is 1. The number of ether oxygens (including phenoxy) is 1. The highest BCUT2D eigenvalue weighted by molar-refractivity contribution is 6.31. The highest BCUT2D eigenvalue weighted by Crippen LogP contribution is 2.33. The molecule has 0 aromatic heterocycles. The van der Waals surface area contributed by atoms with E-state index in [1.165, 1.54) is 0 Å². The minimum absolute atomic E-state index is 0.132. The number of hydrogen-bond acceptors (Lipinski definition) is 4. The summed E-state index contributed by atoms with van der Waals surface area (Å²) in [7, 11) is 1.59. The van der Waals surface area contributed by atoms with Crippen LogP contribution in [0.4, 0.5) is 0 Å². The van der Waals surface area contributed by atoms with Crippen molar-refractivity contribution in [3.05, 3.63) is 53.1 Å². The predicted molar refractivity (Wildman–Crippen MR) is 96.0 cm³/mol. The van der Waals surface area contributed by atoms with Crippen molar-refractivity contribution in [2.75, 3.05) is 26.8 Å². The minimum Gasteiger partial charge on any atom is -0.496 e. The Morgan fingerprint density at radius 3 is 2.80 bits per heavy atom. The summed E-state index contributed by atoms with van der Waals surface area (Å²) in [5.41, 5.74) is 0.935. The predicted octanol–water partition coefficient (Wildman–Crippen LogP) is 2.58. The lowest BCUT2D eigenvalue weighted by molar-refractivity contribution is -0.00455. The van der Waals surface area contributed by atoms with Crippen LogP contribution in [-0.2, 0) is 0 Å². The second-order valence-corrected chi connectivity index (χ2v) is 6.72. The van der Waals surface area contributed by atoms with Gasteiger partial charge >= 0.3 is 0 Å². The molecule has 0 unspecified atom stereocenters. The fourth-order valence-corrected chi connectivity index (χ4v) is 3.24. The Bertz CT molecular complexity index is 795. The van der Waals surface area contributed by atoms with Crippen LogP contribution in [0.3, 0.4) is 0 Å². The zero-order valence-corrected chi connectivity index (χ0v) is 14.7. The van der Waals surface area contributed by atoms with Crippen molar-refractivity contribution in [3.8, 4) is 16.9 Å². The summed E-state index contributed by atoms with van der Waals surface area (Å²) in [5, 5.41) is 20.0. The number of methoxy groups -OCH3 is 1. The third-order valence-corrected chi connectivity index (χ3v) is 4.73. The van der Waals surface area contributed by atoms with Crippen molar-refractivity contribution < 1.29 is 19.7 Å². The van der Waals surface area contributed by atoms with E-state index >= 15 is 0 Å².